The number of methoxy groups -OCH3 is 1. The van der Waals surface area contributed by atoms with Crippen LogP contribution in [0.5, 0.6) is 5.75 Å². The van der Waals surface area contributed by atoms with Crippen molar-refractivity contribution >= 4 is 29.7 Å². The van der Waals surface area contributed by atoms with Crippen LogP contribution in [0.3, 0.4) is 0 Å². The summed E-state index contributed by atoms with van der Waals surface area (Å²) in [5.74, 6) is -0.176. The number of ether oxygens (including phenoxy) is 1. The quantitative estimate of drug-likeness (QED) is 0.825. The molecule has 1 atom stereocenters. The Labute approximate surface area is 142 Å². The van der Waals surface area contributed by atoms with E-state index in [9.17, 15) is 18.0 Å². The molecule has 1 saturated heterocycles. The van der Waals surface area contributed by atoms with Crippen LogP contribution in [0.25, 0.3) is 0 Å². The first-order chi connectivity index (χ1) is 10.4. The average Bonchev–Trinajstić information content (AvgIpc) is 2.95. The van der Waals surface area contributed by atoms with Gasteiger partial charge < -0.3 is 15.4 Å². The summed E-state index contributed by atoms with van der Waals surface area (Å²) in [5.41, 5.74) is 0. The van der Waals surface area contributed by atoms with Crippen molar-refractivity contribution in [3.05, 3.63) is 16.3 Å². The van der Waals surface area contributed by atoms with E-state index in [1.165, 1.54) is 12.0 Å². The second-order valence-electron chi connectivity index (χ2n) is 4.87. The number of rotatable bonds is 5. The number of thiophene rings is 1. The van der Waals surface area contributed by atoms with E-state index in [4.69, 9.17) is 4.74 Å². The molecule has 0 spiro atoms. The normalized spacial score (nSPS) is 17.2. The zero-order valence-corrected chi connectivity index (χ0v) is 14.1. The van der Waals surface area contributed by atoms with E-state index in [1.807, 2.05) is 0 Å². The molecule has 2 rings (SSSR count). The Morgan fingerprint density at radius 2 is 2.13 bits per heavy atom. The lowest BCUT2D eigenvalue weighted by molar-refractivity contribution is -0.183. The summed E-state index contributed by atoms with van der Waals surface area (Å²) >= 11 is 1.14. The van der Waals surface area contributed by atoms with Gasteiger partial charge in [0.15, 0.2) is 0 Å². The third-order valence-electron chi connectivity index (χ3n) is 3.48. The number of alkyl halides is 3. The molecule has 1 amide bonds. The number of nitrogens with one attached hydrogen (secondary N) is 2. The number of hydrogen-bond donors (Lipinski definition) is 2. The first kappa shape index (κ1) is 20.0. The van der Waals surface area contributed by atoms with Crippen molar-refractivity contribution in [2.75, 3.05) is 39.8 Å². The summed E-state index contributed by atoms with van der Waals surface area (Å²) in [6.45, 7) is 1.17. The van der Waals surface area contributed by atoms with Gasteiger partial charge in [-0.3, -0.25) is 9.69 Å². The highest BCUT2D eigenvalue weighted by molar-refractivity contribution is 7.12. The fraction of sp³-hybridized carbons (Fsp3) is 0.615. The Morgan fingerprint density at radius 3 is 2.70 bits per heavy atom. The predicted molar refractivity (Wildman–Crippen MR) is 84.7 cm³/mol. The van der Waals surface area contributed by atoms with Gasteiger partial charge in [0.1, 0.15) is 16.7 Å². The number of hydrogen-bond acceptors (Lipinski definition) is 5. The molecular formula is C13H19ClF3N3O2S. The van der Waals surface area contributed by atoms with Crippen molar-refractivity contribution in [1.82, 2.24) is 15.5 Å². The molecule has 10 heteroatoms. The smallest absolute Gasteiger partial charge is 0.405 e. The number of halogens is 4. The van der Waals surface area contributed by atoms with E-state index >= 15 is 0 Å². The van der Waals surface area contributed by atoms with Crippen molar-refractivity contribution in [3.63, 3.8) is 0 Å². The van der Waals surface area contributed by atoms with Gasteiger partial charge >= 0.3 is 6.18 Å². The van der Waals surface area contributed by atoms with Crippen LogP contribution < -0.4 is 15.4 Å². The number of carbonyl (C=O) groups is 1. The molecule has 1 aromatic heterocycles. The second-order valence-corrected chi connectivity index (χ2v) is 5.79. The fourth-order valence-electron chi connectivity index (χ4n) is 2.34. The minimum atomic E-state index is -4.38. The minimum absolute atomic E-state index is 0. The van der Waals surface area contributed by atoms with E-state index < -0.39 is 24.7 Å². The number of piperazine rings is 1. The van der Waals surface area contributed by atoms with Crippen molar-refractivity contribution in [3.8, 4) is 5.75 Å². The van der Waals surface area contributed by atoms with E-state index in [-0.39, 0.29) is 17.3 Å². The zero-order valence-electron chi connectivity index (χ0n) is 12.5. The van der Waals surface area contributed by atoms with Crippen LogP contribution in [0.1, 0.15) is 9.67 Å². The number of nitrogens with zero attached hydrogens (tertiary/aromatic N) is 1. The van der Waals surface area contributed by atoms with Crippen molar-refractivity contribution in [2.24, 2.45) is 0 Å². The predicted octanol–water partition coefficient (Wildman–Crippen LogP) is 1.74. The van der Waals surface area contributed by atoms with Crippen LogP contribution in [0.4, 0.5) is 13.2 Å². The molecule has 0 aromatic carbocycles. The lowest BCUT2D eigenvalue weighted by Crippen LogP contribution is -2.57. The van der Waals surface area contributed by atoms with Gasteiger partial charge in [-0.2, -0.15) is 13.2 Å². The molecule has 5 nitrogen and oxygen atoms in total. The maximum Gasteiger partial charge on any atom is 0.405 e. The molecule has 0 aliphatic carbocycles. The molecule has 0 radical (unpaired) electrons. The molecule has 2 heterocycles. The fourth-order valence-corrected chi connectivity index (χ4v) is 3.11. The van der Waals surface area contributed by atoms with E-state index in [0.29, 0.717) is 31.9 Å². The standard InChI is InChI=1S/C13H18F3N3O2S.ClH/c1-21-9-2-7-22-11(9)12(20)18-8-10(13(14,15)16)19-5-3-17-4-6-19;/h2,7,10,17H,3-6,8H2,1H3,(H,18,20);1H. The Bertz CT molecular complexity index is 507. The van der Waals surface area contributed by atoms with Crippen molar-refractivity contribution in [2.45, 2.75) is 12.2 Å². The Morgan fingerprint density at radius 1 is 1.48 bits per heavy atom. The maximum atomic E-state index is 13.2. The molecule has 132 valence electrons. The number of amides is 1. The minimum Gasteiger partial charge on any atom is -0.495 e. The van der Waals surface area contributed by atoms with E-state index in [0.717, 1.165) is 11.3 Å². The van der Waals surface area contributed by atoms with Crippen LogP contribution in [0.15, 0.2) is 11.4 Å². The van der Waals surface area contributed by atoms with Gasteiger partial charge in [-0.15, -0.1) is 23.7 Å². The molecule has 1 aromatic rings. The lowest BCUT2D eigenvalue weighted by Gasteiger charge is -2.35. The first-order valence-electron chi connectivity index (χ1n) is 6.84. The molecule has 0 saturated carbocycles. The monoisotopic (exact) mass is 373 g/mol. The number of carbonyl (C=O) groups excluding carboxylic acids is 1. The third-order valence-corrected chi connectivity index (χ3v) is 4.38. The highest BCUT2D eigenvalue weighted by Crippen LogP contribution is 2.26. The van der Waals surface area contributed by atoms with E-state index in [2.05, 4.69) is 10.6 Å². The largest absolute Gasteiger partial charge is 0.495 e. The van der Waals surface area contributed by atoms with Gasteiger partial charge in [0.2, 0.25) is 0 Å². The van der Waals surface area contributed by atoms with Gasteiger partial charge in [-0.1, -0.05) is 0 Å². The first-order valence-corrected chi connectivity index (χ1v) is 7.72. The molecular weight excluding hydrogens is 355 g/mol. The highest BCUT2D eigenvalue weighted by Gasteiger charge is 2.43. The topological polar surface area (TPSA) is 53.6 Å². The third kappa shape index (κ3) is 5.23. The molecule has 0 bridgehead atoms. The molecule has 1 fully saturated rings. The molecule has 23 heavy (non-hydrogen) atoms. The summed E-state index contributed by atoms with van der Waals surface area (Å²) in [5, 5.41) is 7.04. The molecule has 2 N–H and O–H groups in total. The van der Waals surface area contributed by atoms with Crippen LogP contribution >= 0.6 is 23.7 Å². The van der Waals surface area contributed by atoms with Crippen LogP contribution in [0.2, 0.25) is 0 Å². The Hall–Kier alpha value is -1.03. The van der Waals surface area contributed by atoms with Crippen LogP contribution in [-0.2, 0) is 0 Å². The average molecular weight is 374 g/mol. The van der Waals surface area contributed by atoms with Crippen LogP contribution in [0, 0.1) is 0 Å². The Balaban J connectivity index is 0.00000264. The summed E-state index contributed by atoms with van der Waals surface area (Å²) in [6.07, 6.45) is -4.38. The lowest BCUT2D eigenvalue weighted by atomic mass is 10.2. The van der Waals surface area contributed by atoms with Crippen molar-refractivity contribution in [1.29, 1.82) is 0 Å². The van der Waals surface area contributed by atoms with Gasteiger partial charge in [0.05, 0.1) is 7.11 Å². The summed E-state index contributed by atoms with van der Waals surface area (Å²) in [7, 11) is 1.41. The maximum absolute atomic E-state index is 13.2. The van der Waals surface area contributed by atoms with Gasteiger partial charge in [-0.05, 0) is 11.4 Å². The van der Waals surface area contributed by atoms with Gasteiger partial charge in [0.25, 0.3) is 5.91 Å². The van der Waals surface area contributed by atoms with Gasteiger partial charge in [0, 0.05) is 32.7 Å². The summed E-state index contributed by atoms with van der Waals surface area (Å²) < 4.78 is 44.6. The summed E-state index contributed by atoms with van der Waals surface area (Å²) in [4.78, 5) is 13.7. The van der Waals surface area contributed by atoms with Gasteiger partial charge in [-0.25, -0.2) is 0 Å². The molecule has 1 aliphatic rings. The zero-order chi connectivity index (χ0) is 16.2. The highest BCUT2D eigenvalue weighted by atomic mass is 35.5. The SMILES string of the molecule is COc1ccsc1C(=O)NCC(N1CCNCC1)C(F)(F)F.Cl. The Kier molecular flexibility index (Phi) is 7.59. The van der Waals surface area contributed by atoms with Crippen LogP contribution in [-0.4, -0.2) is 62.9 Å². The molecule has 1 unspecified atom stereocenters. The van der Waals surface area contributed by atoms with Crippen molar-refractivity contribution < 1.29 is 22.7 Å². The van der Waals surface area contributed by atoms with E-state index in [1.54, 1.807) is 11.4 Å². The summed E-state index contributed by atoms with van der Waals surface area (Å²) in [6, 6.07) is -0.0681. The second kappa shape index (κ2) is 8.72. The molecule has 1 aliphatic heterocycles.